The number of rotatable bonds is 8. The van der Waals surface area contributed by atoms with Crippen molar-refractivity contribution in [1.82, 2.24) is 14.9 Å². The number of hydrogen-bond donors (Lipinski definition) is 2. The third-order valence-electron chi connectivity index (χ3n) is 5.94. The number of carboxylic acid groups (broad SMARTS) is 1. The van der Waals surface area contributed by atoms with Crippen molar-refractivity contribution >= 4 is 33.3 Å². The molecule has 0 saturated heterocycles. The van der Waals surface area contributed by atoms with Crippen LogP contribution in [0.25, 0.3) is 20.8 Å². The van der Waals surface area contributed by atoms with Crippen LogP contribution in [0.5, 0.6) is 11.5 Å². The highest BCUT2D eigenvalue weighted by atomic mass is 32.1. The van der Waals surface area contributed by atoms with Gasteiger partial charge in [-0.25, -0.2) is 9.18 Å². The fourth-order valence-corrected chi connectivity index (χ4v) is 5.29. The number of ether oxygens (including phenoxy) is 2. The smallest absolute Gasteiger partial charge is 0.407 e. The van der Waals surface area contributed by atoms with E-state index in [0.717, 1.165) is 10.4 Å². The lowest BCUT2D eigenvalue weighted by atomic mass is 9.81. The topological polar surface area (TPSA) is 111 Å². The molecule has 4 rings (SSSR count). The van der Waals surface area contributed by atoms with Gasteiger partial charge in [-0.05, 0) is 35.2 Å². The Morgan fingerprint density at radius 2 is 1.89 bits per heavy atom. The van der Waals surface area contributed by atoms with E-state index in [2.05, 4.69) is 9.97 Å². The summed E-state index contributed by atoms with van der Waals surface area (Å²) in [6.07, 6.45) is 2.16. The third-order valence-corrected chi connectivity index (χ3v) is 7.10. The molecule has 0 aliphatic heterocycles. The molecule has 3 heterocycles. The molecule has 38 heavy (non-hydrogen) atoms. The Kier molecular flexibility index (Phi) is 7.79. The lowest BCUT2D eigenvalue weighted by Crippen LogP contribution is -2.42. The maximum Gasteiger partial charge on any atom is 0.407 e. The molecule has 3 aromatic heterocycles. The SMILES string of the molecule is COCCN(C(=O)O)C(c1ccc(-c2cc3nccc(Oc4ccc(N)c(F)c4F)c3s2)nc1)C(C)(C)C. The standard InChI is InChI=1S/C27H28F2N4O4S/c1-27(2,3)25(33(26(34)35)11-12-36-4)15-5-7-17(32-14-15)21-13-18-24(38-21)20(9-10-31-18)37-19-8-6-16(30)22(28)23(19)29/h5-10,13-14,25H,11-12,30H2,1-4H3,(H,34,35). The highest BCUT2D eigenvalue weighted by Gasteiger charge is 2.35. The maximum absolute atomic E-state index is 14.3. The molecule has 1 amide bonds. The normalized spacial score (nSPS) is 12.5. The number of pyridine rings is 2. The maximum atomic E-state index is 14.3. The van der Waals surface area contributed by atoms with Crippen LogP contribution in [0.3, 0.4) is 0 Å². The summed E-state index contributed by atoms with van der Waals surface area (Å²) in [5.74, 6) is -2.31. The van der Waals surface area contributed by atoms with Gasteiger partial charge in [0, 0.05) is 32.1 Å². The summed E-state index contributed by atoms with van der Waals surface area (Å²) in [4.78, 5) is 23.2. The van der Waals surface area contributed by atoms with E-state index in [1.807, 2.05) is 39.0 Å². The van der Waals surface area contributed by atoms with Gasteiger partial charge in [-0.3, -0.25) is 14.9 Å². The molecule has 0 bridgehead atoms. The molecule has 0 radical (unpaired) electrons. The number of aromatic nitrogens is 2. The average molecular weight is 543 g/mol. The van der Waals surface area contributed by atoms with Crippen molar-refractivity contribution in [1.29, 1.82) is 0 Å². The summed E-state index contributed by atoms with van der Waals surface area (Å²) < 4.78 is 39.7. The number of thiophene rings is 1. The molecule has 11 heteroatoms. The first-order valence-corrected chi connectivity index (χ1v) is 12.6. The fraction of sp³-hybridized carbons (Fsp3) is 0.296. The van der Waals surface area contributed by atoms with Crippen LogP contribution < -0.4 is 10.5 Å². The minimum Gasteiger partial charge on any atom is -0.465 e. The summed E-state index contributed by atoms with van der Waals surface area (Å²) in [7, 11) is 1.53. The second-order valence-corrected chi connectivity index (χ2v) is 10.8. The van der Waals surface area contributed by atoms with Crippen molar-refractivity contribution in [2.45, 2.75) is 26.8 Å². The number of carbonyl (C=O) groups is 1. The van der Waals surface area contributed by atoms with Crippen LogP contribution in [-0.2, 0) is 4.74 Å². The van der Waals surface area contributed by atoms with Crippen molar-refractivity contribution in [3.8, 4) is 22.1 Å². The van der Waals surface area contributed by atoms with E-state index >= 15 is 0 Å². The van der Waals surface area contributed by atoms with Gasteiger partial charge in [-0.15, -0.1) is 11.3 Å². The minimum absolute atomic E-state index is 0.221. The lowest BCUT2D eigenvalue weighted by molar-refractivity contribution is 0.0612. The number of fused-ring (bicyclic) bond motifs is 1. The summed E-state index contributed by atoms with van der Waals surface area (Å²) in [5, 5.41) is 9.87. The number of nitrogen functional groups attached to an aromatic ring is 1. The van der Waals surface area contributed by atoms with Gasteiger partial charge in [-0.2, -0.15) is 4.39 Å². The summed E-state index contributed by atoms with van der Waals surface area (Å²) in [5.41, 5.74) is 6.73. The monoisotopic (exact) mass is 542 g/mol. The predicted octanol–water partition coefficient (Wildman–Crippen LogP) is 6.72. The Bertz CT molecular complexity index is 1450. The lowest BCUT2D eigenvalue weighted by Gasteiger charge is -2.38. The number of methoxy groups -OCH3 is 1. The molecule has 0 aliphatic carbocycles. The van der Waals surface area contributed by atoms with Gasteiger partial charge in [0.2, 0.25) is 5.82 Å². The molecule has 3 N–H and O–H groups in total. The molecule has 1 unspecified atom stereocenters. The van der Waals surface area contributed by atoms with E-state index in [-0.39, 0.29) is 24.6 Å². The van der Waals surface area contributed by atoms with Crippen LogP contribution in [-0.4, -0.2) is 46.3 Å². The van der Waals surface area contributed by atoms with Crippen LogP contribution in [0, 0.1) is 17.0 Å². The summed E-state index contributed by atoms with van der Waals surface area (Å²) >= 11 is 1.34. The quantitative estimate of drug-likeness (QED) is 0.238. The number of nitrogens with zero attached hydrogens (tertiary/aromatic N) is 3. The second-order valence-electron chi connectivity index (χ2n) is 9.73. The molecule has 0 saturated carbocycles. The molecule has 0 spiro atoms. The minimum atomic E-state index is -1.17. The van der Waals surface area contributed by atoms with Crippen LogP contribution in [0.1, 0.15) is 32.4 Å². The van der Waals surface area contributed by atoms with E-state index in [0.29, 0.717) is 21.7 Å². The van der Waals surface area contributed by atoms with Crippen LogP contribution in [0.15, 0.2) is 48.8 Å². The number of nitrogens with two attached hydrogens (primary N) is 1. The van der Waals surface area contributed by atoms with E-state index in [1.165, 1.54) is 41.7 Å². The third kappa shape index (κ3) is 5.53. The van der Waals surface area contributed by atoms with Crippen LogP contribution in [0.4, 0.5) is 19.3 Å². The largest absolute Gasteiger partial charge is 0.465 e. The highest BCUT2D eigenvalue weighted by Crippen LogP contribution is 2.41. The van der Waals surface area contributed by atoms with Crippen molar-refractivity contribution < 1.29 is 28.2 Å². The molecule has 0 aliphatic rings. The van der Waals surface area contributed by atoms with Crippen molar-refractivity contribution in [3.63, 3.8) is 0 Å². The zero-order chi connectivity index (χ0) is 27.6. The number of benzene rings is 1. The Hall–Kier alpha value is -3.83. The van der Waals surface area contributed by atoms with Crippen LogP contribution in [0.2, 0.25) is 0 Å². The zero-order valence-electron chi connectivity index (χ0n) is 21.4. The van der Waals surface area contributed by atoms with Gasteiger partial charge in [0.1, 0.15) is 5.75 Å². The first kappa shape index (κ1) is 27.2. The van der Waals surface area contributed by atoms with Gasteiger partial charge in [0.15, 0.2) is 11.6 Å². The number of hydrogen-bond acceptors (Lipinski definition) is 7. The van der Waals surface area contributed by atoms with E-state index in [4.69, 9.17) is 15.2 Å². The van der Waals surface area contributed by atoms with Gasteiger partial charge in [0.05, 0.1) is 39.1 Å². The first-order valence-electron chi connectivity index (χ1n) is 11.8. The van der Waals surface area contributed by atoms with Gasteiger partial charge >= 0.3 is 6.09 Å². The molecule has 8 nitrogen and oxygen atoms in total. The Labute approximate surface area is 222 Å². The van der Waals surface area contributed by atoms with Gasteiger partial charge < -0.3 is 20.3 Å². The molecule has 0 fully saturated rings. The van der Waals surface area contributed by atoms with Gasteiger partial charge in [-0.1, -0.05) is 26.8 Å². The summed E-state index contributed by atoms with van der Waals surface area (Å²) in [6.45, 7) is 6.42. The fourth-order valence-electron chi connectivity index (χ4n) is 4.25. The van der Waals surface area contributed by atoms with Crippen molar-refractivity contribution in [2.75, 3.05) is 26.0 Å². The Morgan fingerprint density at radius 3 is 2.53 bits per heavy atom. The molecular weight excluding hydrogens is 514 g/mol. The molecule has 1 aromatic carbocycles. The number of halogens is 2. The van der Waals surface area contributed by atoms with E-state index < -0.39 is 29.2 Å². The van der Waals surface area contributed by atoms with Crippen molar-refractivity contribution in [2.24, 2.45) is 5.41 Å². The van der Waals surface area contributed by atoms with Crippen LogP contribution >= 0.6 is 11.3 Å². The highest BCUT2D eigenvalue weighted by molar-refractivity contribution is 7.22. The zero-order valence-corrected chi connectivity index (χ0v) is 22.2. The first-order chi connectivity index (χ1) is 18.0. The molecule has 4 aromatic rings. The number of anilines is 1. The van der Waals surface area contributed by atoms with Crippen molar-refractivity contribution in [3.05, 3.63) is 66.0 Å². The molecule has 1 atom stereocenters. The molecular formula is C27H28F2N4O4S. The number of amides is 1. The summed E-state index contributed by atoms with van der Waals surface area (Å²) in [6, 6.07) is 9.15. The molecule has 200 valence electrons. The Balaban J connectivity index is 1.66. The average Bonchev–Trinajstić information content (AvgIpc) is 3.31. The van der Waals surface area contributed by atoms with E-state index in [1.54, 1.807) is 12.3 Å². The van der Waals surface area contributed by atoms with Gasteiger partial charge in [0.25, 0.3) is 0 Å². The second kappa shape index (κ2) is 10.9. The van der Waals surface area contributed by atoms with E-state index in [9.17, 15) is 18.7 Å². The predicted molar refractivity (Wildman–Crippen MR) is 142 cm³/mol. The Morgan fingerprint density at radius 1 is 1.13 bits per heavy atom.